The Bertz CT molecular complexity index is 3600. The highest BCUT2D eigenvalue weighted by Gasteiger charge is 2.48. The van der Waals surface area contributed by atoms with Crippen LogP contribution in [0.4, 0.5) is 16.2 Å². The molecule has 0 bridgehead atoms. The van der Waals surface area contributed by atoms with Crippen molar-refractivity contribution in [2.45, 2.75) is 148 Å². The van der Waals surface area contributed by atoms with Crippen molar-refractivity contribution in [1.82, 2.24) is 20.0 Å². The number of aliphatic hydroxyl groups is 3. The SMILES string of the molecule is C=C(SC)C(=O)CO.CC(Cl)C(=O)Cl.CN(C)c1cccc2cccc(N(C)C)c12.CO.COC(=O)C1(SC)CCCC1.COC(=O)C1(SC)CCN(Cc2ccccc2)C1.COC(=O)C1(SC)CCNC1.COCN(Cc1ccccc1)C[Si](C)(C)C.CSC(C)C(=O)CO.CS[C@@]1(C(=O)O)CCN(C(=O)OC(C)(C)C)C1.O=S(=O)(Cl)Cl. The number of carboxylic acids is 1. The highest BCUT2D eigenvalue weighted by Crippen LogP contribution is 2.42. The summed E-state index contributed by atoms with van der Waals surface area (Å²) in [7, 11) is 19.2. The van der Waals surface area contributed by atoms with Crippen LogP contribution in [0.15, 0.2) is 109 Å². The summed E-state index contributed by atoms with van der Waals surface area (Å²) in [6, 6.07) is 33.8. The molecule has 4 unspecified atom stereocenters. The molecule has 0 radical (unpaired) electrons. The number of ether oxygens (including phenoxy) is 5. The van der Waals surface area contributed by atoms with Crippen LogP contribution in [-0.2, 0) is 78.6 Å². The summed E-state index contributed by atoms with van der Waals surface area (Å²) >= 11 is 18.8. The number of carbonyl (C=O) groups is 8. The second-order valence-corrected chi connectivity index (χ2v) is 46.2. The van der Waals surface area contributed by atoms with Gasteiger partial charge < -0.3 is 64.1 Å². The van der Waals surface area contributed by atoms with Gasteiger partial charge in [-0.25, -0.2) is 4.79 Å². The first-order chi connectivity index (χ1) is 55.1. The number of fused-ring (bicyclic) bond motifs is 1. The van der Waals surface area contributed by atoms with E-state index in [2.05, 4.69) is 180 Å². The number of aliphatic carboxylic acids is 1. The van der Waals surface area contributed by atoms with E-state index in [-0.39, 0.29) is 62.1 Å². The number of Topliss-reactive ketones (excluding diaryl/α,β-unsaturated/α-hetero) is 2. The van der Waals surface area contributed by atoms with Gasteiger partial charge in [-0.1, -0.05) is 124 Å². The molecule has 3 heterocycles. The number of benzene rings is 4. The molecule has 0 spiro atoms. The zero-order chi connectivity index (χ0) is 91.4. The van der Waals surface area contributed by atoms with Crippen LogP contribution in [-0.4, -0.2) is 300 Å². The normalized spacial score (nSPS) is 17.9. The lowest BCUT2D eigenvalue weighted by Gasteiger charge is -2.28. The second-order valence-electron chi connectivity index (χ2n) is 29.2. The van der Waals surface area contributed by atoms with Gasteiger partial charge in [0.1, 0.15) is 43.2 Å². The van der Waals surface area contributed by atoms with E-state index in [1.807, 2.05) is 43.2 Å². The van der Waals surface area contributed by atoms with E-state index in [4.69, 9.17) is 70.6 Å². The van der Waals surface area contributed by atoms with Crippen LogP contribution in [0.2, 0.25) is 19.6 Å². The minimum atomic E-state index is -3.72. The van der Waals surface area contributed by atoms with Gasteiger partial charge in [0, 0.05) is 131 Å². The first kappa shape index (κ1) is 118. The van der Waals surface area contributed by atoms with Gasteiger partial charge in [0.2, 0.25) is 5.24 Å². The van der Waals surface area contributed by atoms with Crippen LogP contribution in [0.3, 0.4) is 0 Å². The van der Waals surface area contributed by atoms with Crippen LogP contribution >= 0.6 is 115 Å². The van der Waals surface area contributed by atoms with Crippen LogP contribution in [0, 0.1) is 0 Å². The highest BCUT2D eigenvalue weighted by atomic mass is 36.0. The number of carbonyl (C=O) groups excluding carboxylic acids is 7. The van der Waals surface area contributed by atoms with Crippen molar-refractivity contribution in [2.75, 3.05) is 176 Å². The number of methoxy groups -OCH3 is 4. The molecule has 0 aromatic heterocycles. The Labute approximate surface area is 748 Å². The van der Waals surface area contributed by atoms with Gasteiger partial charge in [-0.3, -0.25) is 43.4 Å². The fraction of sp³-hybridized carbons (Fsp3) is 0.605. The summed E-state index contributed by atoms with van der Waals surface area (Å²) < 4.78 is 41.5. The van der Waals surface area contributed by atoms with Crippen LogP contribution < -0.4 is 15.1 Å². The van der Waals surface area contributed by atoms with E-state index in [0.717, 1.165) is 91.6 Å². The molecule has 4 aromatic rings. The predicted molar refractivity (Wildman–Crippen MR) is 503 cm³/mol. The molecule has 4 aromatic carbocycles. The number of hydrogen-bond donors (Lipinski definition) is 5. The fourth-order valence-electron chi connectivity index (χ4n) is 11.4. The van der Waals surface area contributed by atoms with E-state index in [1.54, 1.807) is 82.6 Å². The smallest absolute Gasteiger partial charge is 0.410 e. The number of nitrogens with one attached hydrogen (secondary N) is 1. The number of esters is 3. The zero-order valence-electron chi connectivity index (χ0n) is 73.1. The fourth-order valence-corrected chi connectivity index (χ4v) is 16.9. The summed E-state index contributed by atoms with van der Waals surface area (Å²) in [6.07, 6.45) is 18.5. The third-order valence-corrected chi connectivity index (χ3v) is 26.6. The first-order valence-electron chi connectivity index (χ1n) is 37.3. The van der Waals surface area contributed by atoms with Gasteiger partial charge >= 0.3 is 38.2 Å². The monoisotopic (exact) mass is 1880 g/mol. The molecule has 3 saturated heterocycles. The lowest BCUT2D eigenvalue weighted by molar-refractivity contribution is -0.144. The molecule has 4 fully saturated rings. The topological polar surface area (TPSA) is 326 Å². The van der Waals surface area contributed by atoms with Crippen LogP contribution in [0.25, 0.3) is 10.8 Å². The van der Waals surface area contributed by atoms with Gasteiger partial charge in [-0.2, -0.15) is 20.2 Å². The Kier molecular flexibility index (Phi) is 62.0. The second kappa shape index (κ2) is 62.0. The molecule has 8 rings (SSSR count). The number of carboxylic acid groups (broad SMARTS) is 1. The van der Waals surface area contributed by atoms with Gasteiger partial charge in [-0.15, -0.1) is 70.4 Å². The number of amides is 1. The minimum Gasteiger partial charge on any atom is -0.480 e. The molecule has 4 aliphatic rings. The number of hydrogen-bond acceptors (Lipinski definition) is 29. The average Bonchev–Trinajstić information content (AvgIpc) is 0.917. The molecular formula is C81H132Cl4N6O19S7Si. The summed E-state index contributed by atoms with van der Waals surface area (Å²) in [5, 5.41) is 37.3. The summed E-state index contributed by atoms with van der Waals surface area (Å²) in [5.74, 6) is -1.49. The molecule has 5 atom stereocenters. The number of thioether (sulfide) groups is 6. The van der Waals surface area contributed by atoms with Crippen molar-refractivity contribution in [2.24, 2.45) is 0 Å². The Morgan fingerprint density at radius 3 is 1.42 bits per heavy atom. The van der Waals surface area contributed by atoms with E-state index < -0.39 is 56.0 Å². The van der Waals surface area contributed by atoms with Crippen molar-refractivity contribution in [1.29, 1.82) is 0 Å². The number of nitrogens with zero attached hydrogens (tertiary/aromatic N) is 5. The Hall–Kier alpha value is -4.21. The summed E-state index contributed by atoms with van der Waals surface area (Å²) in [5.41, 5.74) is 4.63. The van der Waals surface area contributed by atoms with Crippen molar-refractivity contribution in [3.05, 3.63) is 120 Å². The maximum Gasteiger partial charge on any atom is 0.410 e. The number of rotatable bonds is 25. The summed E-state index contributed by atoms with van der Waals surface area (Å²) in [6.45, 7) is 25.1. The first-order valence-corrected chi connectivity index (χ1v) is 52.4. The van der Waals surface area contributed by atoms with Gasteiger partial charge in [-0.05, 0) is 157 Å². The molecule has 1 aliphatic carbocycles. The number of halogens is 4. The highest BCUT2D eigenvalue weighted by molar-refractivity contribution is 8.31. The van der Waals surface area contributed by atoms with E-state index in [1.165, 1.54) is 108 Å². The number of anilines is 2. The minimum absolute atomic E-state index is 0.0394. The van der Waals surface area contributed by atoms with Crippen molar-refractivity contribution >= 4 is 200 Å². The zero-order valence-corrected chi connectivity index (χ0v) is 82.8. The third kappa shape index (κ3) is 47.0. The Morgan fingerprint density at radius 1 is 0.644 bits per heavy atom. The quantitative estimate of drug-likeness (QED) is 0.00783. The standard InChI is InChI=1S/C14H18N2.C14H19NO2S.C13H23NOSi.C11H19NO4S.C8H14O2S.C7H13NO2S.C5H10O2S.C5H8O2S.C3H4Cl2O.CH4O.Cl2O2S/c1-15(2)12-9-5-7-11-8-6-10-13(14(11)12)16(3)4;1-17-13(16)14(18-2)8-9-15(11-14)10-12-6-4-3-5-7-12;1-15-11-14(12-16(2,3)4)10-13-8-6-5-7-9-13;1-10(2,3)16-9(15)12-6-5-11(7-12,17-4)8(13)14;1-10-7(9)8(11-2)5-3-4-6-8;1-10-6(9)7(11-2)3-4-8-5-7;2*1-4(8-2)5(7)3-6;1-2(4)3(5)6;1-2;1-5(2,3)4/h5-10H,1-4H3;3-7H,8-11H2,1-2H3;5-9H,10-12H2,1-4H3;5-7H2,1-4H3,(H,13,14);3-6H2,1-2H3;8H,3-5H2,1-2H3;4,6H,3H2,1-2H3;6H,1,3H2,2H3;2H,1H3;2H,1H3;/t;;;11-;;;;;;;/m...0......./s1. The lowest BCUT2D eigenvalue weighted by Crippen LogP contribution is -2.41. The molecule has 674 valence electrons. The molecule has 3 aliphatic heterocycles. The number of ketones is 2. The molecule has 37 heteroatoms. The molecule has 118 heavy (non-hydrogen) atoms. The lowest BCUT2D eigenvalue weighted by atomic mass is 10.1. The number of likely N-dealkylation sites (tertiary alicyclic amines) is 2. The van der Waals surface area contributed by atoms with Gasteiger partial charge in [0.05, 0.1) is 41.4 Å². The number of aliphatic hydroxyl groups excluding tert-OH is 3. The van der Waals surface area contributed by atoms with E-state index in [9.17, 15) is 43.5 Å². The van der Waals surface area contributed by atoms with E-state index >= 15 is 0 Å². The van der Waals surface area contributed by atoms with Crippen LogP contribution in [0.1, 0.15) is 90.7 Å². The number of alkyl halides is 1. The van der Waals surface area contributed by atoms with Crippen molar-refractivity contribution in [3.8, 4) is 0 Å². The Morgan fingerprint density at radius 2 is 1.08 bits per heavy atom. The van der Waals surface area contributed by atoms with Crippen molar-refractivity contribution in [3.63, 3.8) is 0 Å². The Balaban J connectivity index is -0.00000127. The molecule has 5 N–H and O–H groups in total. The van der Waals surface area contributed by atoms with Gasteiger partial charge in [0.15, 0.2) is 11.6 Å². The maximum absolute atomic E-state index is 11.9. The largest absolute Gasteiger partial charge is 0.480 e. The molecule has 1 amide bonds. The average molecular weight is 1890 g/mol. The van der Waals surface area contributed by atoms with Gasteiger partial charge in [0.25, 0.3) is 0 Å². The van der Waals surface area contributed by atoms with Crippen molar-refractivity contribution < 1.29 is 90.9 Å². The van der Waals surface area contributed by atoms with Crippen LogP contribution in [0.5, 0.6) is 0 Å². The molecule has 1 saturated carbocycles. The summed E-state index contributed by atoms with van der Waals surface area (Å²) in [4.78, 5) is 99.0. The van der Waals surface area contributed by atoms with E-state index in [0.29, 0.717) is 17.9 Å². The molecular weight excluding hydrogens is 1760 g/mol. The predicted octanol–water partition coefficient (Wildman–Crippen LogP) is 14.4. The molecule has 25 nitrogen and oxygen atoms in total. The third-order valence-electron chi connectivity index (χ3n) is 17.7. The maximum atomic E-state index is 11.9.